The molecule has 0 radical (unpaired) electrons. The van der Waals surface area contributed by atoms with E-state index >= 15 is 0 Å². The number of nitrogens with one attached hydrogen (secondary N) is 1. The summed E-state index contributed by atoms with van der Waals surface area (Å²) in [5.74, 6) is -0.840. The minimum Gasteiger partial charge on any atom is -0.369 e. The zero-order chi connectivity index (χ0) is 18.8. The van der Waals surface area contributed by atoms with Gasteiger partial charge in [-0.1, -0.05) is 36.4 Å². The van der Waals surface area contributed by atoms with Crippen LogP contribution >= 0.6 is 0 Å². The van der Waals surface area contributed by atoms with Gasteiger partial charge in [0.1, 0.15) is 5.82 Å². The summed E-state index contributed by atoms with van der Waals surface area (Å²) in [6.45, 7) is 7.09. The topological polar surface area (TPSA) is 72.2 Å². The first kappa shape index (κ1) is 18.6. The Balaban J connectivity index is 0.000000181. The van der Waals surface area contributed by atoms with Crippen LogP contribution in [0.4, 0.5) is 10.1 Å². The maximum atomic E-state index is 13.2. The highest BCUT2D eigenvalue weighted by Crippen LogP contribution is 2.36. The van der Waals surface area contributed by atoms with Crippen LogP contribution in [0.25, 0.3) is 0 Å². The van der Waals surface area contributed by atoms with Gasteiger partial charge in [-0.15, -0.1) is 0 Å². The third kappa shape index (κ3) is 3.55. The maximum absolute atomic E-state index is 13.2. The van der Waals surface area contributed by atoms with Gasteiger partial charge in [-0.2, -0.15) is 0 Å². The molecule has 5 heteroatoms. The van der Waals surface area contributed by atoms with Crippen molar-refractivity contribution in [2.75, 3.05) is 5.32 Å². The van der Waals surface area contributed by atoms with E-state index in [0.29, 0.717) is 5.56 Å². The molecule has 1 heterocycles. The Morgan fingerprint density at radius 3 is 2.20 bits per heavy atom. The van der Waals surface area contributed by atoms with Crippen molar-refractivity contribution >= 4 is 17.5 Å². The Morgan fingerprint density at radius 1 is 1.08 bits per heavy atom. The molecular weight excluding hydrogens is 319 g/mol. The van der Waals surface area contributed by atoms with Crippen molar-refractivity contribution in [3.05, 3.63) is 65.5 Å². The number of halogens is 1. The van der Waals surface area contributed by atoms with Gasteiger partial charge in [-0.05, 0) is 45.4 Å². The second-order valence-electron chi connectivity index (χ2n) is 7.09. The Labute approximate surface area is 147 Å². The molecule has 1 aliphatic rings. The number of rotatable bonds is 2. The summed E-state index contributed by atoms with van der Waals surface area (Å²) in [4.78, 5) is 22.5. The predicted octanol–water partition coefficient (Wildman–Crippen LogP) is 3.50. The van der Waals surface area contributed by atoms with Gasteiger partial charge >= 0.3 is 0 Å². The number of carbonyl (C=O) groups is 2. The lowest BCUT2D eigenvalue weighted by Crippen LogP contribution is -2.36. The molecule has 0 fully saturated rings. The molecule has 2 amide bonds. The average molecular weight is 342 g/mol. The lowest BCUT2D eigenvalue weighted by Gasteiger charge is -2.21. The summed E-state index contributed by atoms with van der Waals surface area (Å²) in [5, 5.41) is 2.85. The molecular formula is C20H23FN2O2. The van der Waals surface area contributed by atoms with E-state index in [0.717, 1.165) is 11.3 Å². The number of fused-ring (bicyclic) bond motifs is 1. The molecule has 0 aliphatic carbocycles. The molecule has 2 aromatic carbocycles. The van der Waals surface area contributed by atoms with Crippen LogP contribution in [0.2, 0.25) is 0 Å². The van der Waals surface area contributed by atoms with Gasteiger partial charge in [-0.3, -0.25) is 9.59 Å². The van der Waals surface area contributed by atoms with Crippen molar-refractivity contribution in [3.63, 3.8) is 0 Å². The molecule has 0 spiro atoms. The van der Waals surface area contributed by atoms with Gasteiger partial charge in [0, 0.05) is 11.3 Å². The monoisotopic (exact) mass is 342 g/mol. The Hall–Kier alpha value is -2.69. The third-order valence-corrected chi connectivity index (χ3v) is 4.58. The number of anilines is 1. The third-order valence-electron chi connectivity index (χ3n) is 4.58. The van der Waals surface area contributed by atoms with E-state index in [2.05, 4.69) is 5.32 Å². The maximum Gasteiger partial charge on any atom is 0.234 e. The number of hydrogen-bond acceptors (Lipinski definition) is 2. The Bertz CT molecular complexity index is 813. The van der Waals surface area contributed by atoms with Crippen molar-refractivity contribution in [3.8, 4) is 0 Å². The van der Waals surface area contributed by atoms with Crippen molar-refractivity contribution in [1.29, 1.82) is 0 Å². The molecule has 25 heavy (non-hydrogen) atoms. The lowest BCUT2D eigenvalue weighted by atomic mass is 9.84. The van der Waals surface area contributed by atoms with Crippen molar-refractivity contribution < 1.29 is 14.0 Å². The van der Waals surface area contributed by atoms with E-state index < -0.39 is 17.1 Å². The number of carbonyl (C=O) groups excluding carboxylic acids is 2. The number of benzene rings is 2. The van der Waals surface area contributed by atoms with Gasteiger partial charge in [0.05, 0.1) is 10.8 Å². The average Bonchev–Trinajstić information content (AvgIpc) is 2.78. The molecule has 0 bridgehead atoms. The van der Waals surface area contributed by atoms with Crippen LogP contribution in [0, 0.1) is 5.82 Å². The van der Waals surface area contributed by atoms with Crippen LogP contribution in [0.1, 0.15) is 38.8 Å². The summed E-state index contributed by atoms with van der Waals surface area (Å²) < 4.78 is 13.2. The van der Waals surface area contributed by atoms with E-state index in [1.807, 2.05) is 38.1 Å². The van der Waals surface area contributed by atoms with E-state index in [9.17, 15) is 14.0 Å². The zero-order valence-electron chi connectivity index (χ0n) is 14.9. The van der Waals surface area contributed by atoms with Gasteiger partial charge in [0.2, 0.25) is 11.8 Å². The van der Waals surface area contributed by atoms with Crippen LogP contribution in [0.15, 0.2) is 48.5 Å². The Kier molecular flexibility index (Phi) is 4.97. The molecule has 0 saturated carbocycles. The van der Waals surface area contributed by atoms with Gasteiger partial charge in [0.25, 0.3) is 0 Å². The van der Waals surface area contributed by atoms with Gasteiger partial charge in [0.15, 0.2) is 0 Å². The second kappa shape index (κ2) is 6.67. The molecule has 1 aliphatic heterocycles. The van der Waals surface area contributed by atoms with E-state index in [4.69, 9.17) is 5.73 Å². The largest absolute Gasteiger partial charge is 0.369 e. The number of para-hydroxylation sites is 1. The SMILES string of the molecule is CC(C)(C(N)=O)c1ccccc1F.CC1(C)C(=O)Nc2ccccc21. The van der Waals surface area contributed by atoms with E-state index in [-0.39, 0.29) is 11.3 Å². The predicted molar refractivity (Wildman–Crippen MR) is 96.7 cm³/mol. The minimum absolute atomic E-state index is 0.0868. The Morgan fingerprint density at radius 2 is 1.64 bits per heavy atom. The van der Waals surface area contributed by atoms with Crippen molar-refractivity contribution in [2.45, 2.75) is 38.5 Å². The fraction of sp³-hybridized carbons (Fsp3) is 0.300. The first-order valence-corrected chi connectivity index (χ1v) is 8.04. The first-order valence-electron chi connectivity index (χ1n) is 8.04. The van der Waals surface area contributed by atoms with Crippen LogP contribution in [0.5, 0.6) is 0 Å². The smallest absolute Gasteiger partial charge is 0.234 e. The molecule has 3 N–H and O–H groups in total. The summed E-state index contributed by atoms with van der Waals surface area (Å²) >= 11 is 0. The highest BCUT2D eigenvalue weighted by atomic mass is 19.1. The number of primary amides is 1. The van der Waals surface area contributed by atoms with Crippen molar-refractivity contribution in [2.24, 2.45) is 5.73 Å². The molecule has 0 aromatic heterocycles. The molecule has 0 saturated heterocycles. The van der Waals surface area contributed by atoms with Gasteiger partial charge < -0.3 is 11.1 Å². The first-order chi connectivity index (χ1) is 11.6. The van der Waals surface area contributed by atoms with E-state index in [1.54, 1.807) is 32.0 Å². The van der Waals surface area contributed by atoms with Crippen LogP contribution in [-0.2, 0) is 20.4 Å². The summed E-state index contributed by atoms with van der Waals surface area (Å²) in [6, 6.07) is 14.0. The molecule has 4 nitrogen and oxygen atoms in total. The summed E-state index contributed by atoms with van der Waals surface area (Å²) in [6.07, 6.45) is 0. The number of hydrogen-bond donors (Lipinski definition) is 2. The number of amides is 2. The molecule has 2 aromatic rings. The van der Waals surface area contributed by atoms with Crippen LogP contribution in [0.3, 0.4) is 0 Å². The van der Waals surface area contributed by atoms with E-state index in [1.165, 1.54) is 6.07 Å². The summed E-state index contributed by atoms with van der Waals surface area (Å²) in [7, 11) is 0. The van der Waals surface area contributed by atoms with Crippen molar-refractivity contribution in [1.82, 2.24) is 0 Å². The van der Waals surface area contributed by atoms with Gasteiger partial charge in [-0.25, -0.2) is 4.39 Å². The molecule has 132 valence electrons. The fourth-order valence-corrected chi connectivity index (χ4v) is 2.64. The fourth-order valence-electron chi connectivity index (χ4n) is 2.64. The molecule has 0 unspecified atom stereocenters. The minimum atomic E-state index is -0.953. The highest BCUT2D eigenvalue weighted by Gasteiger charge is 2.37. The highest BCUT2D eigenvalue weighted by molar-refractivity contribution is 6.05. The molecule has 0 atom stereocenters. The second-order valence-corrected chi connectivity index (χ2v) is 7.09. The molecule has 3 rings (SSSR count). The summed E-state index contributed by atoms with van der Waals surface area (Å²) in [5.41, 5.74) is 6.23. The standard InChI is InChI=1S/C10H12FNO.C10H11NO/c1-10(2,9(12)13)7-5-3-4-6-8(7)11;1-10(2)7-5-3-4-6-8(7)11-9(10)12/h3-6H,1-2H3,(H2,12,13);3-6H,1-2H3,(H,11,12). The number of nitrogens with two attached hydrogens (primary N) is 1. The lowest BCUT2D eigenvalue weighted by molar-refractivity contribution is -0.122. The quantitative estimate of drug-likeness (QED) is 0.877. The van der Waals surface area contributed by atoms with Crippen LogP contribution < -0.4 is 11.1 Å². The normalized spacial score (nSPS) is 14.8. The van der Waals surface area contributed by atoms with Crippen LogP contribution in [-0.4, -0.2) is 11.8 Å². The zero-order valence-corrected chi connectivity index (χ0v) is 14.9.